The summed E-state index contributed by atoms with van der Waals surface area (Å²) in [7, 11) is 3.51. The van der Waals surface area contributed by atoms with E-state index in [0.717, 1.165) is 32.9 Å². The average Bonchev–Trinajstić information content (AvgIpc) is 3.49. The highest BCUT2D eigenvalue weighted by Crippen LogP contribution is 2.47. The molecule has 3 aromatic rings. The Kier molecular flexibility index (Phi) is 6.84. The summed E-state index contributed by atoms with van der Waals surface area (Å²) in [5.74, 6) is 1.46. The minimum absolute atomic E-state index is 0.000929. The van der Waals surface area contributed by atoms with Crippen molar-refractivity contribution in [3.63, 3.8) is 0 Å². The maximum atomic E-state index is 12.5. The predicted octanol–water partition coefficient (Wildman–Crippen LogP) is 2.76. The lowest BCUT2D eigenvalue weighted by Crippen LogP contribution is -2.41. The molecular formula is C25H29N7O3S. The first-order valence-corrected chi connectivity index (χ1v) is 12.8. The zero-order valence-electron chi connectivity index (χ0n) is 20.4. The van der Waals surface area contributed by atoms with Gasteiger partial charge < -0.3 is 20.3 Å². The quantitative estimate of drug-likeness (QED) is 0.363. The van der Waals surface area contributed by atoms with E-state index in [1.807, 2.05) is 37.3 Å². The first kappa shape index (κ1) is 24.1. The van der Waals surface area contributed by atoms with Crippen LogP contribution in [0.3, 0.4) is 0 Å². The van der Waals surface area contributed by atoms with Gasteiger partial charge >= 0.3 is 0 Å². The number of carbonyl (C=O) groups excluding carboxylic acids is 2. The van der Waals surface area contributed by atoms with Crippen LogP contribution in [0.25, 0.3) is 10.9 Å². The molecule has 2 aliphatic rings. The zero-order valence-corrected chi connectivity index (χ0v) is 21.2. The van der Waals surface area contributed by atoms with E-state index in [4.69, 9.17) is 9.73 Å². The number of amidine groups is 1. The number of nitrogens with zero attached hydrogens (tertiary/aromatic N) is 3. The summed E-state index contributed by atoms with van der Waals surface area (Å²) in [5.41, 5.74) is 3.45. The zero-order chi connectivity index (χ0) is 25.2. The van der Waals surface area contributed by atoms with E-state index in [1.54, 1.807) is 37.0 Å². The van der Waals surface area contributed by atoms with Gasteiger partial charge in [-0.15, -0.1) is 11.8 Å². The first-order valence-electron chi connectivity index (χ1n) is 11.9. The van der Waals surface area contributed by atoms with E-state index in [0.29, 0.717) is 37.6 Å². The maximum Gasteiger partial charge on any atom is 0.253 e. The Hall–Kier alpha value is -3.57. The van der Waals surface area contributed by atoms with Crippen LogP contribution in [0.4, 0.5) is 5.69 Å². The Morgan fingerprint density at radius 3 is 2.92 bits per heavy atom. The molecule has 0 radical (unpaired) electrons. The number of aliphatic imine (C=N–C) groups is 1. The van der Waals surface area contributed by atoms with Crippen LogP contribution in [0, 0.1) is 0 Å². The molecule has 0 saturated carbocycles. The molecule has 2 unspecified atom stereocenters. The van der Waals surface area contributed by atoms with Gasteiger partial charge in [-0.25, -0.2) is 0 Å². The van der Waals surface area contributed by atoms with Gasteiger partial charge in [0.25, 0.3) is 5.91 Å². The summed E-state index contributed by atoms with van der Waals surface area (Å²) in [6.45, 7) is 3.06. The van der Waals surface area contributed by atoms with E-state index in [2.05, 4.69) is 26.1 Å². The fraction of sp³-hybridized carbons (Fsp3) is 0.360. The molecule has 2 atom stereocenters. The van der Waals surface area contributed by atoms with E-state index in [9.17, 15) is 9.59 Å². The minimum Gasteiger partial charge on any atom is -0.489 e. The topological polar surface area (TPSA) is 124 Å². The van der Waals surface area contributed by atoms with Gasteiger partial charge in [0.15, 0.2) is 0 Å². The van der Waals surface area contributed by atoms with Crippen LogP contribution in [-0.4, -0.2) is 72.0 Å². The van der Waals surface area contributed by atoms with Crippen molar-refractivity contribution < 1.29 is 14.3 Å². The Morgan fingerprint density at radius 1 is 1.25 bits per heavy atom. The lowest BCUT2D eigenvalue weighted by atomic mass is 9.95. The number of hydrogen-bond acceptors (Lipinski definition) is 8. The molecule has 2 aliphatic heterocycles. The third-order valence-corrected chi connectivity index (χ3v) is 7.50. The lowest BCUT2D eigenvalue weighted by Gasteiger charge is -2.28. The number of fused-ring (bicyclic) bond motifs is 4. The van der Waals surface area contributed by atoms with Gasteiger partial charge in [0.05, 0.1) is 41.9 Å². The number of rotatable bonds is 7. The minimum atomic E-state index is -0.0152. The number of benzene rings is 2. The lowest BCUT2D eigenvalue weighted by molar-refractivity contribution is -0.120. The normalized spacial score (nSPS) is 18.2. The predicted molar refractivity (Wildman–Crippen MR) is 141 cm³/mol. The summed E-state index contributed by atoms with van der Waals surface area (Å²) >= 11 is 1.72. The molecule has 0 spiro atoms. The van der Waals surface area contributed by atoms with Gasteiger partial charge in [-0.05, 0) is 23.8 Å². The summed E-state index contributed by atoms with van der Waals surface area (Å²) in [6, 6.07) is 9.77. The SMILES string of the molecule is CCC(=O)NCCOc1cc2[nH]ncc2cc1NC1=NCNC2Sc3cc(C(=O)N(C)C)ccc3C12. The molecule has 3 heterocycles. The number of anilines is 1. The standard InChI is InChI=1S/C25H29N7O3S/c1-4-21(33)26-7-8-35-19-11-17-15(12-29-31-17)9-18(19)30-23-22-16-6-5-14(25(34)32(2)3)10-20(16)36-24(22)28-13-27-23/h5-6,9-12,22,24,28H,4,7-8,13H2,1-3H3,(H,26,33)(H,27,30)(H,29,31). The number of carbonyl (C=O) groups is 2. The van der Waals surface area contributed by atoms with Gasteiger partial charge in [-0.3, -0.25) is 25.0 Å². The second kappa shape index (κ2) is 10.2. The highest BCUT2D eigenvalue weighted by molar-refractivity contribution is 8.00. The van der Waals surface area contributed by atoms with Crippen molar-refractivity contribution in [2.75, 3.05) is 39.2 Å². The van der Waals surface area contributed by atoms with Gasteiger partial charge in [0.2, 0.25) is 5.91 Å². The molecule has 188 valence electrons. The average molecular weight is 508 g/mol. The van der Waals surface area contributed by atoms with Crippen LogP contribution in [0.5, 0.6) is 5.75 Å². The number of hydrogen-bond donors (Lipinski definition) is 4. The summed E-state index contributed by atoms with van der Waals surface area (Å²) in [5, 5.41) is 18.0. The van der Waals surface area contributed by atoms with Crippen LogP contribution >= 0.6 is 11.8 Å². The number of amides is 2. The molecule has 2 amide bonds. The molecular weight excluding hydrogens is 478 g/mol. The van der Waals surface area contributed by atoms with Gasteiger partial charge in [0, 0.05) is 42.4 Å². The number of aromatic nitrogens is 2. The smallest absolute Gasteiger partial charge is 0.253 e. The number of H-pyrrole nitrogens is 1. The molecule has 0 fully saturated rings. The number of ether oxygens (including phenoxy) is 1. The first-order chi connectivity index (χ1) is 17.4. The Balaban J connectivity index is 1.40. The van der Waals surface area contributed by atoms with Crippen molar-refractivity contribution in [3.8, 4) is 5.75 Å². The molecule has 4 N–H and O–H groups in total. The largest absolute Gasteiger partial charge is 0.489 e. The van der Waals surface area contributed by atoms with E-state index >= 15 is 0 Å². The molecule has 1 aromatic heterocycles. The van der Waals surface area contributed by atoms with Crippen molar-refractivity contribution in [2.24, 2.45) is 4.99 Å². The molecule has 10 nitrogen and oxygen atoms in total. The Bertz CT molecular complexity index is 1340. The van der Waals surface area contributed by atoms with Crippen LogP contribution < -0.4 is 20.7 Å². The molecule has 11 heteroatoms. The number of nitrogens with one attached hydrogen (secondary N) is 4. The van der Waals surface area contributed by atoms with Crippen LogP contribution in [0.2, 0.25) is 0 Å². The second-order valence-electron chi connectivity index (χ2n) is 8.86. The van der Waals surface area contributed by atoms with Gasteiger partial charge in [-0.1, -0.05) is 13.0 Å². The third kappa shape index (κ3) is 4.76. The fourth-order valence-corrected chi connectivity index (χ4v) is 5.71. The Labute approximate surface area is 213 Å². The summed E-state index contributed by atoms with van der Waals surface area (Å²) in [6.07, 6.45) is 2.20. The highest BCUT2D eigenvalue weighted by Gasteiger charge is 2.39. The summed E-state index contributed by atoms with van der Waals surface area (Å²) < 4.78 is 6.05. The van der Waals surface area contributed by atoms with E-state index < -0.39 is 0 Å². The van der Waals surface area contributed by atoms with Crippen molar-refractivity contribution in [1.82, 2.24) is 25.7 Å². The molecule has 0 aliphatic carbocycles. The number of thioether (sulfide) groups is 1. The molecule has 36 heavy (non-hydrogen) atoms. The van der Waals surface area contributed by atoms with Crippen LogP contribution in [0.1, 0.15) is 35.2 Å². The molecule has 2 aromatic carbocycles. The van der Waals surface area contributed by atoms with E-state index in [-0.39, 0.29) is 23.1 Å². The molecule has 5 rings (SSSR count). The van der Waals surface area contributed by atoms with E-state index in [1.165, 1.54) is 0 Å². The van der Waals surface area contributed by atoms with Gasteiger partial charge in [0.1, 0.15) is 18.2 Å². The van der Waals surface area contributed by atoms with Crippen molar-refractivity contribution in [3.05, 3.63) is 47.7 Å². The van der Waals surface area contributed by atoms with Crippen molar-refractivity contribution in [2.45, 2.75) is 29.5 Å². The van der Waals surface area contributed by atoms with Crippen LogP contribution in [-0.2, 0) is 4.79 Å². The second-order valence-corrected chi connectivity index (χ2v) is 10.0. The summed E-state index contributed by atoms with van der Waals surface area (Å²) in [4.78, 5) is 31.4. The van der Waals surface area contributed by atoms with Crippen molar-refractivity contribution in [1.29, 1.82) is 0 Å². The fourth-order valence-electron chi connectivity index (χ4n) is 4.34. The van der Waals surface area contributed by atoms with Crippen molar-refractivity contribution >= 4 is 46.0 Å². The molecule has 0 bridgehead atoms. The van der Waals surface area contributed by atoms with Crippen LogP contribution in [0.15, 0.2) is 46.4 Å². The number of aromatic amines is 1. The molecule has 0 saturated heterocycles. The van der Waals surface area contributed by atoms with Gasteiger partial charge in [-0.2, -0.15) is 5.10 Å². The Morgan fingerprint density at radius 2 is 2.11 bits per heavy atom. The third-order valence-electron chi connectivity index (χ3n) is 6.20. The highest BCUT2D eigenvalue weighted by atomic mass is 32.2. The monoisotopic (exact) mass is 507 g/mol. The maximum absolute atomic E-state index is 12.5.